The smallest absolute Gasteiger partial charge is 0.238 e. The van der Waals surface area contributed by atoms with Crippen molar-refractivity contribution in [1.82, 2.24) is 43.6 Å². The number of hydrogen-bond acceptors (Lipinski definition) is 8. The third-order valence-corrected chi connectivity index (χ3v) is 20.0. The highest BCUT2D eigenvalue weighted by molar-refractivity contribution is 6.16. The minimum absolute atomic E-state index is 0.544. The third-order valence-electron chi connectivity index (χ3n) is 20.0. The van der Waals surface area contributed by atoms with Crippen LogP contribution in [0.15, 0.2) is 330 Å². The number of nitrogens with zero attached hydrogens (tertiary/aromatic N) is 9. The van der Waals surface area contributed by atoms with E-state index in [1.807, 2.05) is 72.8 Å². The van der Waals surface area contributed by atoms with Gasteiger partial charge in [0, 0.05) is 81.7 Å². The summed E-state index contributed by atoms with van der Waals surface area (Å²) in [4.78, 5) is 31.3. The van der Waals surface area contributed by atoms with E-state index in [0.717, 1.165) is 160 Å². The van der Waals surface area contributed by atoms with Crippen molar-refractivity contribution in [3.63, 3.8) is 0 Å². The van der Waals surface area contributed by atoms with E-state index < -0.39 is 0 Å². The van der Waals surface area contributed by atoms with Gasteiger partial charge < -0.3 is 18.0 Å². The minimum atomic E-state index is 0.544. The van der Waals surface area contributed by atoms with E-state index >= 15 is 0 Å². The fraction of sp³-hybridized carbons (Fsp3) is 0. The second-order valence-corrected chi connectivity index (χ2v) is 25.7. The molecule has 21 rings (SSSR count). The van der Waals surface area contributed by atoms with Gasteiger partial charge in [-0.1, -0.05) is 224 Å². The summed E-state index contributed by atoms with van der Waals surface area (Å²) < 4.78 is 20.7. The SMILES string of the molecule is c1ccc(-c2nc(-c3cccc(-c4cccc(-c5ccc6c7ccccc7n(-c7cccc8c7oc7ccc(-c9nc(-c%10ccccc%10)nc(-n%10c%11ccccc%11c%11ccccc%11%10)n9)cc78)c6c5)c4)c3)nc(-c3ccc4oc5c(-n6c7ccccc7c7ccccc76)cccc5c4c3)n2)cc1. The monoisotopic (exact) mass is 1290 g/mol. The Morgan fingerprint density at radius 1 is 0.188 bits per heavy atom. The van der Waals surface area contributed by atoms with E-state index in [0.29, 0.717) is 35.1 Å². The molecule has 0 saturated carbocycles. The molecule has 0 saturated heterocycles. The van der Waals surface area contributed by atoms with Crippen molar-refractivity contribution >= 4 is 109 Å². The molecule has 21 aromatic rings. The molecule has 0 amide bonds. The molecule has 0 aliphatic rings. The Morgan fingerprint density at radius 2 is 0.495 bits per heavy atom. The zero-order valence-electron chi connectivity index (χ0n) is 53.9. The normalized spacial score (nSPS) is 12.0. The number of benzene rings is 14. The lowest BCUT2D eigenvalue weighted by Gasteiger charge is -2.11. The molecule has 0 fully saturated rings. The Balaban J connectivity index is 0.643. The van der Waals surface area contributed by atoms with Crippen LogP contribution in [0.1, 0.15) is 0 Å². The zero-order valence-corrected chi connectivity index (χ0v) is 53.9. The van der Waals surface area contributed by atoms with E-state index in [2.05, 4.69) is 262 Å². The molecule has 0 aliphatic carbocycles. The van der Waals surface area contributed by atoms with Gasteiger partial charge in [0.05, 0.1) is 44.5 Å². The van der Waals surface area contributed by atoms with E-state index in [4.69, 9.17) is 38.7 Å². The molecule has 0 N–H and O–H groups in total. The van der Waals surface area contributed by atoms with Crippen LogP contribution in [0.25, 0.3) is 206 Å². The molecule has 0 unspecified atom stereocenters. The highest BCUT2D eigenvalue weighted by Gasteiger charge is 2.24. The second-order valence-electron chi connectivity index (χ2n) is 25.7. The Morgan fingerprint density at radius 3 is 0.960 bits per heavy atom. The molecule has 14 aromatic carbocycles. The molecule has 0 bridgehead atoms. The molecule has 0 radical (unpaired) electrons. The van der Waals surface area contributed by atoms with Crippen LogP contribution in [0, 0.1) is 0 Å². The van der Waals surface area contributed by atoms with Gasteiger partial charge in [0.2, 0.25) is 5.95 Å². The average molecular weight is 1290 g/mol. The summed E-state index contributed by atoms with van der Waals surface area (Å²) in [5.74, 6) is 3.41. The Hall–Kier alpha value is -13.9. The summed E-state index contributed by atoms with van der Waals surface area (Å²) >= 11 is 0. The standard InChI is InChI=1S/C90H53N9O2/c1-3-21-54(22-4-1)85-91-87(94-88(92-85)61-44-47-81-71(51-61)69-34-19-41-78(83(69)100-81)97-73-36-12-7-29-63(73)64-30-8-13-37-74(64)97)60-28-18-27-58(50-60)56-25-17-26-57(49-56)59-43-46-68-67-33-9-14-38-75(67)98(80(68)53-59)79-42-20-35-70-72-52-62(45-48-82(72)101-84(70)79)89-93-86(55-23-5-2-6-24-55)95-90(96-89)99-76-39-15-10-31-65(76)66-32-11-16-40-77(66)99/h1-53H. The fourth-order valence-electron chi connectivity index (χ4n) is 15.3. The average Bonchev–Trinajstić information content (AvgIpc) is 1.58. The first-order valence-electron chi connectivity index (χ1n) is 33.8. The third kappa shape index (κ3) is 9.00. The summed E-state index contributed by atoms with van der Waals surface area (Å²) in [6.45, 7) is 0. The Kier molecular flexibility index (Phi) is 12.4. The second kappa shape index (κ2) is 22.3. The first-order chi connectivity index (χ1) is 50.0. The summed E-state index contributed by atoms with van der Waals surface area (Å²) in [6, 6.07) is 112. The van der Waals surface area contributed by atoms with E-state index in [1.54, 1.807) is 0 Å². The molecule has 0 atom stereocenters. The van der Waals surface area contributed by atoms with Crippen LogP contribution in [-0.4, -0.2) is 43.6 Å². The number of rotatable bonds is 10. The first-order valence-corrected chi connectivity index (χ1v) is 33.8. The van der Waals surface area contributed by atoms with Crippen molar-refractivity contribution in [2.45, 2.75) is 0 Å². The lowest BCUT2D eigenvalue weighted by Crippen LogP contribution is -2.06. The van der Waals surface area contributed by atoms with Gasteiger partial charge >= 0.3 is 0 Å². The van der Waals surface area contributed by atoms with Crippen molar-refractivity contribution < 1.29 is 8.83 Å². The first kappa shape index (κ1) is 56.3. The van der Waals surface area contributed by atoms with Gasteiger partial charge in [-0.05, 0) is 119 Å². The van der Waals surface area contributed by atoms with E-state index in [1.165, 1.54) is 10.8 Å². The van der Waals surface area contributed by atoms with Gasteiger partial charge in [-0.25, -0.2) is 19.9 Å². The molecule has 0 spiro atoms. The van der Waals surface area contributed by atoms with Gasteiger partial charge in [-0.2, -0.15) is 9.97 Å². The van der Waals surface area contributed by atoms with Crippen molar-refractivity contribution in [1.29, 1.82) is 0 Å². The van der Waals surface area contributed by atoms with Crippen molar-refractivity contribution in [3.05, 3.63) is 322 Å². The maximum Gasteiger partial charge on any atom is 0.238 e. The summed E-state index contributed by atoms with van der Waals surface area (Å²) in [6.07, 6.45) is 0. The van der Waals surface area contributed by atoms with Crippen molar-refractivity contribution in [2.75, 3.05) is 0 Å². The molecule has 7 aromatic heterocycles. The summed E-state index contributed by atoms with van der Waals surface area (Å²) in [5, 5.41) is 10.9. The topological polar surface area (TPSA) is 118 Å². The molecule has 470 valence electrons. The van der Waals surface area contributed by atoms with Gasteiger partial charge in [0.1, 0.15) is 11.2 Å². The highest BCUT2D eigenvalue weighted by atomic mass is 16.3. The van der Waals surface area contributed by atoms with E-state index in [9.17, 15) is 0 Å². The Bertz CT molecular complexity index is 6870. The quantitative estimate of drug-likeness (QED) is 0.133. The van der Waals surface area contributed by atoms with Crippen LogP contribution in [0.5, 0.6) is 0 Å². The summed E-state index contributed by atoms with van der Waals surface area (Å²) in [5.41, 5.74) is 20.1. The van der Waals surface area contributed by atoms with Gasteiger partial charge in [-0.3, -0.25) is 4.57 Å². The van der Waals surface area contributed by atoms with E-state index in [-0.39, 0.29) is 0 Å². The van der Waals surface area contributed by atoms with Crippen LogP contribution in [-0.2, 0) is 0 Å². The predicted octanol–water partition coefficient (Wildman–Crippen LogP) is 22.8. The van der Waals surface area contributed by atoms with Crippen LogP contribution >= 0.6 is 0 Å². The van der Waals surface area contributed by atoms with Crippen LogP contribution in [0.3, 0.4) is 0 Å². The van der Waals surface area contributed by atoms with Gasteiger partial charge in [0.15, 0.2) is 40.3 Å². The number of hydrogen-bond donors (Lipinski definition) is 0. The molecular weight excluding hydrogens is 1240 g/mol. The van der Waals surface area contributed by atoms with Crippen LogP contribution in [0.4, 0.5) is 0 Å². The van der Waals surface area contributed by atoms with Crippen molar-refractivity contribution in [2.24, 2.45) is 0 Å². The fourth-order valence-corrected chi connectivity index (χ4v) is 15.3. The predicted molar refractivity (Wildman–Crippen MR) is 409 cm³/mol. The molecule has 11 heteroatoms. The molecule has 11 nitrogen and oxygen atoms in total. The Labute approximate surface area is 576 Å². The summed E-state index contributed by atoms with van der Waals surface area (Å²) in [7, 11) is 0. The van der Waals surface area contributed by atoms with Crippen molar-refractivity contribution in [3.8, 4) is 96.5 Å². The van der Waals surface area contributed by atoms with Gasteiger partial charge in [0.25, 0.3) is 0 Å². The van der Waals surface area contributed by atoms with Crippen LogP contribution < -0.4 is 0 Å². The highest BCUT2D eigenvalue weighted by Crippen LogP contribution is 2.44. The number of furan rings is 2. The zero-order chi connectivity index (χ0) is 66.2. The number of fused-ring (bicyclic) bond motifs is 15. The molecule has 0 aliphatic heterocycles. The minimum Gasteiger partial charge on any atom is -0.454 e. The maximum atomic E-state index is 7.01. The molecular formula is C90H53N9O2. The number of aromatic nitrogens is 9. The molecule has 7 heterocycles. The maximum absolute atomic E-state index is 7.01. The van der Waals surface area contributed by atoms with Gasteiger partial charge in [-0.15, -0.1) is 0 Å². The largest absolute Gasteiger partial charge is 0.454 e. The lowest BCUT2D eigenvalue weighted by molar-refractivity contribution is 0.666. The lowest BCUT2D eigenvalue weighted by atomic mass is 9.97. The molecule has 101 heavy (non-hydrogen) atoms. The van der Waals surface area contributed by atoms with Crippen LogP contribution in [0.2, 0.25) is 0 Å². The number of para-hydroxylation sites is 7.